The molecule has 0 spiro atoms. The zero-order valence-electron chi connectivity index (χ0n) is 18.8. The lowest BCUT2D eigenvalue weighted by Gasteiger charge is -2.31. The summed E-state index contributed by atoms with van der Waals surface area (Å²) in [5, 5.41) is 3.24. The van der Waals surface area contributed by atoms with Crippen molar-refractivity contribution in [3.63, 3.8) is 0 Å². The zero-order chi connectivity index (χ0) is 23.4. The molecule has 2 fully saturated rings. The topological polar surface area (TPSA) is 79.0 Å². The zero-order valence-corrected chi connectivity index (χ0v) is 20.4. The van der Waals surface area contributed by atoms with Gasteiger partial charge >= 0.3 is 0 Å². The second-order valence-electron chi connectivity index (χ2n) is 8.61. The molecule has 178 valence electrons. The van der Waals surface area contributed by atoms with Crippen LogP contribution in [-0.4, -0.2) is 69.5 Å². The molecular formula is C24H30ClN3O4S. The van der Waals surface area contributed by atoms with Crippen LogP contribution in [0.3, 0.4) is 0 Å². The lowest BCUT2D eigenvalue weighted by molar-refractivity contribution is 0.0332. The Kier molecular flexibility index (Phi) is 7.71. The van der Waals surface area contributed by atoms with Crippen molar-refractivity contribution in [3.8, 4) is 0 Å². The Bertz CT molecular complexity index is 1080. The van der Waals surface area contributed by atoms with Crippen molar-refractivity contribution in [1.82, 2.24) is 14.5 Å². The first-order valence-corrected chi connectivity index (χ1v) is 13.1. The molecule has 2 aliphatic rings. The van der Waals surface area contributed by atoms with Crippen LogP contribution in [0.2, 0.25) is 5.02 Å². The molecule has 1 amide bonds. The molecule has 0 unspecified atom stereocenters. The summed E-state index contributed by atoms with van der Waals surface area (Å²) in [4.78, 5) is 15.5. The van der Waals surface area contributed by atoms with Crippen LogP contribution >= 0.6 is 11.6 Å². The number of nitrogens with zero attached hydrogens (tertiary/aromatic N) is 2. The molecule has 2 aromatic rings. The first-order chi connectivity index (χ1) is 15.8. The summed E-state index contributed by atoms with van der Waals surface area (Å²) in [6.07, 6.45) is 1.66. The van der Waals surface area contributed by atoms with Crippen molar-refractivity contribution in [2.24, 2.45) is 0 Å². The van der Waals surface area contributed by atoms with E-state index < -0.39 is 10.0 Å². The van der Waals surface area contributed by atoms with Crippen LogP contribution in [0.5, 0.6) is 0 Å². The lowest BCUT2D eigenvalue weighted by Crippen LogP contribution is -2.43. The highest BCUT2D eigenvalue weighted by Crippen LogP contribution is 2.28. The molecule has 2 heterocycles. The number of benzene rings is 2. The molecule has 4 rings (SSSR count). The van der Waals surface area contributed by atoms with Crippen LogP contribution in [0, 0.1) is 6.92 Å². The number of carbonyl (C=O) groups is 1. The summed E-state index contributed by atoms with van der Waals surface area (Å²) in [5.74, 6) is -0.330. The number of morpholine rings is 1. The number of halogens is 1. The molecule has 2 aliphatic heterocycles. The van der Waals surface area contributed by atoms with E-state index in [0.29, 0.717) is 32.8 Å². The molecule has 2 saturated heterocycles. The first kappa shape index (κ1) is 24.2. The quantitative estimate of drug-likeness (QED) is 0.643. The van der Waals surface area contributed by atoms with E-state index in [0.717, 1.165) is 37.1 Å². The molecular weight excluding hydrogens is 462 g/mol. The molecule has 7 nitrogen and oxygen atoms in total. The summed E-state index contributed by atoms with van der Waals surface area (Å²) in [5.41, 5.74) is 2.42. The number of hydrogen-bond acceptors (Lipinski definition) is 5. The molecule has 0 bridgehead atoms. The second kappa shape index (κ2) is 10.5. The predicted molar refractivity (Wildman–Crippen MR) is 128 cm³/mol. The summed E-state index contributed by atoms with van der Waals surface area (Å²) in [6.45, 7) is 6.57. The van der Waals surface area contributed by atoms with Gasteiger partial charge in [0.15, 0.2) is 0 Å². The number of aryl methyl sites for hydroxylation is 1. The highest BCUT2D eigenvalue weighted by Gasteiger charge is 2.30. The summed E-state index contributed by atoms with van der Waals surface area (Å²) >= 11 is 6.25. The number of carbonyl (C=O) groups excluding carboxylic acids is 1. The predicted octanol–water partition coefficient (Wildman–Crippen LogP) is 3.24. The third-order valence-corrected chi connectivity index (χ3v) is 8.59. The Labute approximate surface area is 200 Å². The van der Waals surface area contributed by atoms with E-state index in [4.69, 9.17) is 16.3 Å². The maximum absolute atomic E-state index is 13.2. The third-order valence-electron chi connectivity index (χ3n) is 6.21. The molecule has 0 aromatic heterocycles. The Balaban J connectivity index is 1.57. The van der Waals surface area contributed by atoms with Gasteiger partial charge in [0.25, 0.3) is 5.91 Å². The molecule has 2 aromatic carbocycles. The molecule has 33 heavy (non-hydrogen) atoms. The van der Waals surface area contributed by atoms with E-state index in [1.54, 1.807) is 6.07 Å². The average Bonchev–Trinajstić information content (AvgIpc) is 3.36. The standard InChI is InChI=1S/C24H30ClN3O4S/c1-18-4-6-19(7-5-18)22(17-27-12-14-32-15-13-27)26-24(29)20-8-9-21(25)23(16-20)33(30,31)28-10-2-3-11-28/h4-9,16,22H,2-3,10-15,17H2,1H3,(H,26,29)/t22-/m0/s1. The van der Waals surface area contributed by atoms with Crippen LogP contribution in [0.25, 0.3) is 0 Å². The highest BCUT2D eigenvalue weighted by molar-refractivity contribution is 7.89. The van der Waals surface area contributed by atoms with Gasteiger partial charge in [0, 0.05) is 38.3 Å². The SMILES string of the molecule is Cc1ccc([C@H](CN2CCOCC2)NC(=O)c2ccc(Cl)c(S(=O)(=O)N3CCCC3)c2)cc1. The van der Waals surface area contributed by atoms with Gasteiger partial charge in [0.05, 0.1) is 24.3 Å². The van der Waals surface area contributed by atoms with Crippen molar-refractivity contribution in [2.45, 2.75) is 30.7 Å². The maximum atomic E-state index is 13.2. The Morgan fingerprint density at radius 2 is 1.73 bits per heavy atom. The molecule has 0 radical (unpaired) electrons. The van der Waals surface area contributed by atoms with E-state index in [9.17, 15) is 13.2 Å². The number of ether oxygens (including phenoxy) is 1. The molecule has 9 heteroatoms. The van der Waals surface area contributed by atoms with Crippen molar-refractivity contribution in [2.75, 3.05) is 45.9 Å². The minimum atomic E-state index is -3.73. The van der Waals surface area contributed by atoms with Crippen LogP contribution in [0.1, 0.15) is 40.4 Å². The fraction of sp³-hybridized carbons (Fsp3) is 0.458. The molecule has 1 N–H and O–H groups in total. The van der Waals surface area contributed by atoms with Gasteiger partial charge in [-0.3, -0.25) is 9.69 Å². The van der Waals surface area contributed by atoms with Gasteiger partial charge in [0.1, 0.15) is 4.90 Å². The van der Waals surface area contributed by atoms with Gasteiger partial charge in [-0.1, -0.05) is 41.4 Å². The number of amides is 1. The van der Waals surface area contributed by atoms with Crippen LogP contribution in [0.15, 0.2) is 47.4 Å². The van der Waals surface area contributed by atoms with Crippen LogP contribution in [-0.2, 0) is 14.8 Å². The van der Waals surface area contributed by atoms with E-state index in [1.165, 1.54) is 16.4 Å². The second-order valence-corrected chi connectivity index (χ2v) is 10.9. The van der Waals surface area contributed by atoms with E-state index in [-0.39, 0.29) is 27.4 Å². The fourth-order valence-corrected chi connectivity index (χ4v) is 6.24. The van der Waals surface area contributed by atoms with Gasteiger partial charge in [-0.15, -0.1) is 0 Å². The van der Waals surface area contributed by atoms with Gasteiger partial charge in [-0.2, -0.15) is 4.31 Å². The largest absolute Gasteiger partial charge is 0.379 e. The summed E-state index contributed by atoms with van der Waals surface area (Å²) in [6, 6.07) is 12.3. The van der Waals surface area contributed by atoms with E-state index in [1.807, 2.05) is 31.2 Å². The van der Waals surface area contributed by atoms with Crippen molar-refractivity contribution in [1.29, 1.82) is 0 Å². The molecule has 0 saturated carbocycles. The van der Waals surface area contributed by atoms with Gasteiger partial charge in [-0.25, -0.2) is 8.42 Å². The Hall–Kier alpha value is -1.97. The lowest BCUT2D eigenvalue weighted by atomic mass is 10.0. The van der Waals surface area contributed by atoms with Crippen LogP contribution in [0.4, 0.5) is 0 Å². The first-order valence-electron chi connectivity index (χ1n) is 11.3. The van der Waals surface area contributed by atoms with E-state index in [2.05, 4.69) is 10.2 Å². The number of rotatable bonds is 7. The van der Waals surface area contributed by atoms with Crippen molar-refractivity contribution < 1.29 is 17.9 Å². The van der Waals surface area contributed by atoms with Gasteiger partial charge in [-0.05, 0) is 43.5 Å². The Morgan fingerprint density at radius 3 is 2.39 bits per heavy atom. The summed E-state index contributed by atoms with van der Waals surface area (Å²) < 4.78 is 33.0. The highest BCUT2D eigenvalue weighted by atomic mass is 35.5. The third kappa shape index (κ3) is 5.75. The summed E-state index contributed by atoms with van der Waals surface area (Å²) in [7, 11) is -3.73. The minimum Gasteiger partial charge on any atom is -0.379 e. The molecule has 0 aliphatic carbocycles. The average molecular weight is 492 g/mol. The smallest absolute Gasteiger partial charge is 0.251 e. The number of nitrogens with one attached hydrogen (secondary N) is 1. The Morgan fingerprint density at radius 1 is 1.06 bits per heavy atom. The minimum absolute atomic E-state index is 0.0150. The maximum Gasteiger partial charge on any atom is 0.251 e. The van der Waals surface area contributed by atoms with E-state index >= 15 is 0 Å². The van der Waals surface area contributed by atoms with Crippen molar-refractivity contribution >= 4 is 27.5 Å². The number of hydrogen-bond donors (Lipinski definition) is 1. The fourth-order valence-electron chi connectivity index (χ4n) is 4.23. The van der Waals surface area contributed by atoms with Gasteiger partial charge in [0.2, 0.25) is 10.0 Å². The van der Waals surface area contributed by atoms with Gasteiger partial charge < -0.3 is 10.1 Å². The molecule has 1 atom stereocenters. The normalized spacial score (nSPS) is 18.8. The monoisotopic (exact) mass is 491 g/mol. The van der Waals surface area contributed by atoms with Crippen molar-refractivity contribution in [3.05, 3.63) is 64.2 Å². The van der Waals surface area contributed by atoms with Crippen LogP contribution < -0.4 is 5.32 Å². The number of sulfonamides is 1.